The molecule has 0 saturated heterocycles. The minimum absolute atomic E-state index is 0.323. The Kier molecular flexibility index (Phi) is 4.50. The first-order valence-electron chi connectivity index (χ1n) is 6.80. The van der Waals surface area contributed by atoms with Gasteiger partial charge in [0.15, 0.2) is 0 Å². The molecule has 4 nitrogen and oxygen atoms in total. The lowest BCUT2D eigenvalue weighted by Gasteiger charge is -2.14. The third-order valence-corrected chi connectivity index (χ3v) is 4.59. The van der Waals surface area contributed by atoms with Crippen molar-refractivity contribution < 1.29 is 4.74 Å². The Morgan fingerprint density at radius 1 is 1.40 bits per heavy atom. The van der Waals surface area contributed by atoms with Crippen LogP contribution in [0.5, 0.6) is 5.88 Å². The molecule has 0 spiro atoms. The molecule has 0 radical (unpaired) electrons. The highest BCUT2D eigenvalue weighted by Gasteiger charge is 2.16. The summed E-state index contributed by atoms with van der Waals surface area (Å²) >= 11 is 1.85. The van der Waals surface area contributed by atoms with E-state index >= 15 is 0 Å². The van der Waals surface area contributed by atoms with E-state index in [-0.39, 0.29) is 0 Å². The van der Waals surface area contributed by atoms with Crippen molar-refractivity contribution in [1.29, 1.82) is 0 Å². The summed E-state index contributed by atoms with van der Waals surface area (Å²) in [5, 5.41) is 7.98. The maximum absolute atomic E-state index is 5.43. The Labute approximate surface area is 124 Å². The van der Waals surface area contributed by atoms with Crippen molar-refractivity contribution in [3.8, 4) is 5.88 Å². The van der Waals surface area contributed by atoms with Crippen LogP contribution in [0, 0.1) is 20.8 Å². The molecule has 1 N–H and O–H groups in total. The van der Waals surface area contributed by atoms with Crippen molar-refractivity contribution >= 4 is 11.3 Å². The van der Waals surface area contributed by atoms with E-state index in [1.165, 1.54) is 15.3 Å². The van der Waals surface area contributed by atoms with Crippen molar-refractivity contribution in [3.63, 3.8) is 0 Å². The Bertz CT molecular complexity index is 601. The zero-order valence-electron chi connectivity index (χ0n) is 13.1. The number of hydrogen-bond donors (Lipinski definition) is 1. The molecular formula is C15H23N3OS. The molecule has 2 rings (SSSR count). The number of thiophene rings is 1. The Hall–Kier alpha value is -1.33. The van der Waals surface area contributed by atoms with Gasteiger partial charge < -0.3 is 10.1 Å². The molecule has 0 unspecified atom stereocenters. The predicted molar refractivity (Wildman–Crippen MR) is 83.5 cm³/mol. The molecule has 0 bridgehead atoms. The van der Waals surface area contributed by atoms with Gasteiger partial charge in [-0.25, -0.2) is 4.68 Å². The van der Waals surface area contributed by atoms with E-state index in [1.807, 2.05) is 25.3 Å². The molecular weight excluding hydrogens is 270 g/mol. The van der Waals surface area contributed by atoms with Crippen LogP contribution in [-0.4, -0.2) is 16.9 Å². The fourth-order valence-electron chi connectivity index (χ4n) is 2.59. The van der Waals surface area contributed by atoms with Gasteiger partial charge in [0.1, 0.15) is 0 Å². The summed E-state index contributed by atoms with van der Waals surface area (Å²) in [5.41, 5.74) is 3.53. The first kappa shape index (κ1) is 15.1. The maximum Gasteiger partial charge on any atom is 0.216 e. The maximum atomic E-state index is 5.43. The van der Waals surface area contributed by atoms with Crippen LogP contribution in [0.1, 0.15) is 39.5 Å². The molecule has 20 heavy (non-hydrogen) atoms. The van der Waals surface area contributed by atoms with Crippen molar-refractivity contribution in [2.45, 2.75) is 40.3 Å². The normalized spacial score (nSPS) is 12.7. The molecule has 110 valence electrons. The minimum Gasteiger partial charge on any atom is -0.481 e. The molecule has 0 aliphatic rings. The number of nitrogens with one attached hydrogen (secondary N) is 1. The number of hydrogen-bond acceptors (Lipinski definition) is 4. The average Bonchev–Trinajstić information content (AvgIpc) is 2.85. The van der Waals surface area contributed by atoms with Crippen molar-refractivity contribution in [2.24, 2.45) is 7.05 Å². The van der Waals surface area contributed by atoms with Crippen LogP contribution >= 0.6 is 11.3 Å². The molecule has 0 aliphatic heterocycles. The fourth-order valence-corrected chi connectivity index (χ4v) is 3.61. The van der Waals surface area contributed by atoms with Crippen LogP contribution in [0.15, 0.2) is 6.07 Å². The summed E-state index contributed by atoms with van der Waals surface area (Å²) in [6.07, 6.45) is 0. The van der Waals surface area contributed by atoms with E-state index in [2.05, 4.69) is 37.3 Å². The molecule has 2 aromatic heterocycles. The second-order valence-electron chi connectivity index (χ2n) is 5.17. The van der Waals surface area contributed by atoms with E-state index < -0.39 is 0 Å². The first-order chi connectivity index (χ1) is 9.43. The lowest BCUT2D eigenvalue weighted by atomic mass is 10.1. The molecule has 2 aromatic rings. The number of nitrogens with zero attached hydrogens (tertiary/aromatic N) is 2. The van der Waals surface area contributed by atoms with Gasteiger partial charge in [-0.3, -0.25) is 0 Å². The van der Waals surface area contributed by atoms with E-state index in [4.69, 9.17) is 4.74 Å². The van der Waals surface area contributed by atoms with Gasteiger partial charge in [-0.05, 0) is 39.3 Å². The number of aromatic nitrogens is 2. The number of methoxy groups -OCH3 is 1. The van der Waals surface area contributed by atoms with Gasteiger partial charge in [-0.15, -0.1) is 11.3 Å². The first-order valence-corrected chi connectivity index (χ1v) is 7.62. The molecule has 0 fully saturated rings. The lowest BCUT2D eigenvalue weighted by molar-refractivity contribution is 0.367. The highest BCUT2D eigenvalue weighted by atomic mass is 32.1. The third kappa shape index (κ3) is 2.88. The van der Waals surface area contributed by atoms with Crippen LogP contribution in [0.2, 0.25) is 0 Å². The van der Waals surface area contributed by atoms with E-state index in [9.17, 15) is 0 Å². The summed E-state index contributed by atoms with van der Waals surface area (Å²) in [7, 11) is 3.60. The van der Waals surface area contributed by atoms with Crippen molar-refractivity contribution in [1.82, 2.24) is 15.1 Å². The van der Waals surface area contributed by atoms with Crippen LogP contribution in [-0.2, 0) is 13.6 Å². The van der Waals surface area contributed by atoms with Crippen molar-refractivity contribution in [2.75, 3.05) is 7.11 Å². The van der Waals surface area contributed by atoms with Crippen molar-refractivity contribution in [3.05, 3.63) is 32.6 Å². The number of rotatable bonds is 5. The van der Waals surface area contributed by atoms with Gasteiger partial charge in [-0.2, -0.15) is 5.10 Å². The SMILES string of the molecule is COc1c(CN[C@H](C)c2cc(C)sc2C)c(C)nn1C. The zero-order valence-corrected chi connectivity index (χ0v) is 13.9. The highest BCUT2D eigenvalue weighted by Crippen LogP contribution is 2.27. The van der Waals surface area contributed by atoms with Gasteiger partial charge in [0.2, 0.25) is 5.88 Å². The van der Waals surface area contributed by atoms with Gasteiger partial charge in [-0.1, -0.05) is 0 Å². The van der Waals surface area contributed by atoms with Crippen LogP contribution < -0.4 is 10.1 Å². The monoisotopic (exact) mass is 293 g/mol. The average molecular weight is 293 g/mol. The quantitative estimate of drug-likeness (QED) is 0.919. The zero-order chi connectivity index (χ0) is 14.9. The molecule has 0 aliphatic carbocycles. The van der Waals surface area contributed by atoms with E-state index in [0.29, 0.717) is 6.04 Å². The molecule has 0 saturated carbocycles. The molecule has 0 amide bonds. The van der Waals surface area contributed by atoms with Crippen LogP contribution in [0.3, 0.4) is 0 Å². The summed E-state index contributed by atoms with van der Waals surface area (Å²) in [4.78, 5) is 2.75. The fraction of sp³-hybridized carbons (Fsp3) is 0.533. The molecule has 2 heterocycles. The summed E-state index contributed by atoms with van der Waals surface area (Å²) < 4.78 is 7.21. The van der Waals surface area contributed by atoms with Crippen LogP contribution in [0.4, 0.5) is 0 Å². The molecule has 5 heteroatoms. The van der Waals surface area contributed by atoms with E-state index in [1.54, 1.807) is 11.8 Å². The standard InChI is InChI=1S/C15H23N3OS/c1-9-7-13(12(4)20-9)10(2)16-8-14-11(3)17-18(5)15(14)19-6/h7,10,16H,8H2,1-6H3/t10-/m1/s1. The second kappa shape index (κ2) is 5.97. The topological polar surface area (TPSA) is 39.1 Å². The number of ether oxygens (including phenoxy) is 1. The Morgan fingerprint density at radius 3 is 2.65 bits per heavy atom. The van der Waals surface area contributed by atoms with Gasteiger partial charge in [0.05, 0.1) is 18.4 Å². The summed E-state index contributed by atoms with van der Waals surface area (Å²) in [5.74, 6) is 0.834. The van der Waals surface area contributed by atoms with Gasteiger partial charge >= 0.3 is 0 Å². The summed E-state index contributed by atoms with van der Waals surface area (Å²) in [6.45, 7) is 9.32. The highest BCUT2D eigenvalue weighted by molar-refractivity contribution is 7.12. The summed E-state index contributed by atoms with van der Waals surface area (Å²) in [6, 6.07) is 2.59. The lowest BCUT2D eigenvalue weighted by Crippen LogP contribution is -2.19. The predicted octanol–water partition coefficient (Wildman–Crippen LogP) is 3.27. The smallest absolute Gasteiger partial charge is 0.216 e. The minimum atomic E-state index is 0.323. The van der Waals surface area contributed by atoms with E-state index in [0.717, 1.165) is 23.7 Å². The second-order valence-corrected chi connectivity index (χ2v) is 6.63. The number of aryl methyl sites for hydroxylation is 4. The van der Waals surface area contributed by atoms with Gasteiger partial charge in [0, 0.05) is 29.4 Å². The largest absolute Gasteiger partial charge is 0.481 e. The Morgan fingerprint density at radius 2 is 2.10 bits per heavy atom. The van der Waals surface area contributed by atoms with Crippen LogP contribution in [0.25, 0.3) is 0 Å². The third-order valence-electron chi connectivity index (χ3n) is 3.61. The Balaban J connectivity index is 2.11. The van der Waals surface area contributed by atoms with Gasteiger partial charge in [0.25, 0.3) is 0 Å². The molecule has 1 atom stereocenters. The molecule has 0 aromatic carbocycles.